The van der Waals surface area contributed by atoms with Gasteiger partial charge >= 0.3 is 0 Å². The highest BCUT2D eigenvalue weighted by Gasteiger charge is 2.25. The number of benzene rings is 2. The van der Waals surface area contributed by atoms with Gasteiger partial charge in [0.2, 0.25) is 0 Å². The van der Waals surface area contributed by atoms with E-state index in [-0.39, 0.29) is 5.91 Å². The van der Waals surface area contributed by atoms with E-state index in [0.717, 1.165) is 21.3 Å². The van der Waals surface area contributed by atoms with E-state index >= 15 is 0 Å². The molecule has 4 rings (SSSR count). The number of rotatable bonds is 5. The Kier molecular flexibility index (Phi) is 5.20. The van der Waals surface area contributed by atoms with E-state index in [1.807, 2.05) is 50.5 Å². The van der Waals surface area contributed by atoms with Crippen LogP contribution in [0.25, 0.3) is 10.2 Å². The van der Waals surface area contributed by atoms with E-state index in [0.29, 0.717) is 23.3 Å². The van der Waals surface area contributed by atoms with Crippen molar-refractivity contribution >= 4 is 32.6 Å². The number of aromatic nitrogens is 3. The van der Waals surface area contributed by atoms with E-state index in [2.05, 4.69) is 37.1 Å². The number of hydrogen-bond donors (Lipinski definition) is 0. The third-order valence-electron chi connectivity index (χ3n) is 4.93. The van der Waals surface area contributed by atoms with Gasteiger partial charge in [0.1, 0.15) is 0 Å². The molecule has 0 atom stereocenters. The Morgan fingerprint density at radius 3 is 2.55 bits per heavy atom. The number of aryl methyl sites for hydroxylation is 2. The SMILES string of the molecule is Cc1cn(C)nc1C(=O)N(Cc1ccccc1)c1nc2c(C(C)C)cccc2s1. The van der Waals surface area contributed by atoms with Crippen LogP contribution in [0.5, 0.6) is 0 Å². The maximum absolute atomic E-state index is 13.5. The van der Waals surface area contributed by atoms with E-state index in [1.54, 1.807) is 20.9 Å². The van der Waals surface area contributed by atoms with Crippen molar-refractivity contribution in [1.29, 1.82) is 0 Å². The summed E-state index contributed by atoms with van der Waals surface area (Å²) >= 11 is 1.55. The number of anilines is 1. The molecule has 0 radical (unpaired) electrons. The highest BCUT2D eigenvalue weighted by molar-refractivity contribution is 7.22. The molecule has 5 nitrogen and oxygen atoms in total. The number of carbonyl (C=O) groups is 1. The van der Waals surface area contributed by atoms with Crippen LogP contribution in [0.4, 0.5) is 5.13 Å². The number of para-hydroxylation sites is 1. The number of thiazole rings is 1. The maximum Gasteiger partial charge on any atom is 0.281 e. The van der Waals surface area contributed by atoms with Crippen LogP contribution in [0.2, 0.25) is 0 Å². The summed E-state index contributed by atoms with van der Waals surface area (Å²) in [6.07, 6.45) is 1.86. The molecule has 0 saturated carbocycles. The van der Waals surface area contributed by atoms with Crippen LogP contribution in [-0.2, 0) is 13.6 Å². The second kappa shape index (κ2) is 7.79. The molecule has 4 aromatic rings. The Labute approximate surface area is 174 Å². The number of carbonyl (C=O) groups excluding carboxylic acids is 1. The molecule has 0 spiro atoms. The van der Waals surface area contributed by atoms with Crippen LogP contribution in [0.3, 0.4) is 0 Å². The molecule has 0 aliphatic heterocycles. The first-order chi connectivity index (χ1) is 13.9. The number of amides is 1. The van der Waals surface area contributed by atoms with Crippen molar-refractivity contribution in [3.8, 4) is 0 Å². The summed E-state index contributed by atoms with van der Waals surface area (Å²) in [6, 6.07) is 16.2. The van der Waals surface area contributed by atoms with Crippen LogP contribution < -0.4 is 4.90 Å². The fourth-order valence-electron chi connectivity index (χ4n) is 3.48. The lowest BCUT2D eigenvalue weighted by Crippen LogP contribution is -2.31. The van der Waals surface area contributed by atoms with Gasteiger partial charge in [0.25, 0.3) is 5.91 Å². The van der Waals surface area contributed by atoms with Crippen LogP contribution >= 0.6 is 11.3 Å². The first-order valence-corrected chi connectivity index (χ1v) is 10.5. The molecule has 0 aliphatic carbocycles. The van der Waals surface area contributed by atoms with Gasteiger partial charge in [-0.2, -0.15) is 5.10 Å². The molecule has 29 heavy (non-hydrogen) atoms. The summed E-state index contributed by atoms with van der Waals surface area (Å²) in [5.74, 6) is 0.238. The monoisotopic (exact) mass is 404 g/mol. The van der Waals surface area contributed by atoms with Gasteiger partial charge in [-0.3, -0.25) is 14.4 Å². The fourth-order valence-corrected chi connectivity index (χ4v) is 4.48. The predicted molar refractivity (Wildman–Crippen MR) is 119 cm³/mol. The zero-order chi connectivity index (χ0) is 20.5. The van der Waals surface area contributed by atoms with E-state index in [1.165, 1.54) is 5.56 Å². The lowest BCUT2D eigenvalue weighted by atomic mass is 10.0. The van der Waals surface area contributed by atoms with Crippen molar-refractivity contribution in [3.63, 3.8) is 0 Å². The Morgan fingerprint density at radius 1 is 1.14 bits per heavy atom. The first-order valence-electron chi connectivity index (χ1n) is 9.69. The Morgan fingerprint density at radius 2 is 1.90 bits per heavy atom. The van der Waals surface area contributed by atoms with Crippen molar-refractivity contribution in [1.82, 2.24) is 14.8 Å². The lowest BCUT2D eigenvalue weighted by Gasteiger charge is -2.19. The van der Waals surface area contributed by atoms with Crippen molar-refractivity contribution in [2.75, 3.05) is 4.90 Å². The molecule has 2 aromatic heterocycles. The quantitative estimate of drug-likeness (QED) is 0.453. The zero-order valence-electron chi connectivity index (χ0n) is 17.1. The van der Waals surface area contributed by atoms with Gasteiger partial charge in [-0.1, -0.05) is 67.6 Å². The summed E-state index contributed by atoms with van der Waals surface area (Å²) < 4.78 is 2.77. The van der Waals surface area contributed by atoms with E-state index < -0.39 is 0 Å². The van der Waals surface area contributed by atoms with Crippen molar-refractivity contribution in [2.45, 2.75) is 33.2 Å². The van der Waals surface area contributed by atoms with Crippen molar-refractivity contribution in [2.24, 2.45) is 7.05 Å². The Balaban J connectivity index is 1.82. The van der Waals surface area contributed by atoms with Crippen LogP contribution in [0.15, 0.2) is 54.7 Å². The second-order valence-corrected chi connectivity index (χ2v) is 8.57. The summed E-state index contributed by atoms with van der Waals surface area (Å²) in [7, 11) is 1.83. The molecular formula is C23H24N4OS. The molecule has 6 heteroatoms. The molecular weight excluding hydrogens is 380 g/mol. The normalized spacial score (nSPS) is 11.3. The minimum atomic E-state index is -0.128. The molecule has 2 aromatic carbocycles. The molecule has 0 saturated heterocycles. The summed E-state index contributed by atoms with van der Waals surface area (Å²) in [5.41, 5.74) is 4.56. The highest BCUT2D eigenvalue weighted by atomic mass is 32.1. The highest BCUT2D eigenvalue weighted by Crippen LogP contribution is 2.34. The summed E-state index contributed by atoms with van der Waals surface area (Å²) in [5, 5.41) is 5.10. The molecule has 0 N–H and O–H groups in total. The smallest absolute Gasteiger partial charge is 0.278 e. The van der Waals surface area contributed by atoms with Crippen molar-refractivity contribution < 1.29 is 4.79 Å². The second-order valence-electron chi connectivity index (χ2n) is 7.56. The largest absolute Gasteiger partial charge is 0.281 e. The molecule has 1 amide bonds. The minimum absolute atomic E-state index is 0.128. The van der Waals surface area contributed by atoms with Gasteiger partial charge in [0.15, 0.2) is 10.8 Å². The third-order valence-corrected chi connectivity index (χ3v) is 5.98. The van der Waals surface area contributed by atoms with Gasteiger partial charge in [-0.05, 0) is 30.0 Å². The molecule has 0 unspecified atom stereocenters. The Hall–Kier alpha value is -2.99. The van der Waals surface area contributed by atoms with Gasteiger partial charge in [0, 0.05) is 18.8 Å². The topological polar surface area (TPSA) is 51.0 Å². The molecule has 0 fully saturated rings. The van der Waals surface area contributed by atoms with Gasteiger partial charge in [-0.15, -0.1) is 0 Å². The summed E-state index contributed by atoms with van der Waals surface area (Å²) in [4.78, 5) is 20.1. The number of hydrogen-bond acceptors (Lipinski definition) is 4. The van der Waals surface area contributed by atoms with Crippen LogP contribution in [0, 0.1) is 6.92 Å². The first kappa shape index (κ1) is 19.3. The fraction of sp³-hybridized carbons (Fsp3) is 0.261. The number of nitrogens with zero attached hydrogens (tertiary/aromatic N) is 4. The lowest BCUT2D eigenvalue weighted by molar-refractivity contribution is 0.0979. The molecule has 0 bridgehead atoms. The number of fused-ring (bicyclic) bond motifs is 1. The Bertz CT molecular complexity index is 1160. The summed E-state index contributed by atoms with van der Waals surface area (Å²) in [6.45, 7) is 6.69. The van der Waals surface area contributed by atoms with Gasteiger partial charge < -0.3 is 0 Å². The average molecular weight is 405 g/mol. The standard InChI is InChI=1S/C23H24N4OS/c1-15(2)18-11-8-12-19-21(18)24-23(29-19)27(14-17-9-6-5-7-10-17)22(28)20-16(3)13-26(4)25-20/h5-13,15H,14H2,1-4H3. The minimum Gasteiger partial charge on any atom is -0.278 e. The zero-order valence-corrected chi connectivity index (χ0v) is 17.9. The molecule has 2 heterocycles. The van der Waals surface area contributed by atoms with Gasteiger partial charge in [-0.25, -0.2) is 4.98 Å². The average Bonchev–Trinajstić information content (AvgIpc) is 3.28. The third kappa shape index (κ3) is 3.80. The van der Waals surface area contributed by atoms with Crippen molar-refractivity contribution in [3.05, 3.63) is 77.1 Å². The molecule has 0 aliphatic rings. The molecule has 148 valence electrons. The predicted octanol–water partition coefficient (Wildman–Crippen LogP) is 5.31. The maximum atomic E-state index is 13.5. The van der Waals surface area contributed by atoms with E-state index in [9.17, 15) is 4.79 Å². The van der Waals surface area contributed by atoms with E-state index in [4.69, 9.17) is 4.98 Å². The van der Waals surface area contributed by atoms with Gasteiger partial charge in [0.05, 0.1) is 16.8 Å². The van der Waals surface area contributed by atoms with Crippen LogP contribution in [-0.4, -0.2) is 20.7 Å². The van der Waals surface area contributed by atoms with Crippen LogP contribution in [0.1, 0.15) is 46.9 Å².